The van der Waals surface area contributed by atoms with E-state index in [4.69, 9.17) is 0 Å². The molecule has 1 nitrogen and oxygen atoms in total. The molecule has 0 rings (SSSR count). The van der Waals surface area contributed by atoms with E-state index in [1.165, 1.54) is 12.1 Å². The van der Waals surface area contributed by atoms with Crippen LogP contribution in [0.2, 0.25) is 0 Å². The molecule has 0 fully saturated rings. The van der Waals surface area contributed by atoms with E-state index < -0.39 is 0 Å². The predicted octanol–water partition coefficient (Wildman–Crippen LogP) is 3.57. The summed E-state index contributed by atoms with van der Waals surface area (Å²) < 4.78 is 0. The van der Waals surface area contributed by atoms with Crippen molar-refractivity contribution in [2.75, 3.05) is 6.54 Å². The van der Waals surface area contributed by atoms with Crippen molar-refractivity contribution < 1.29 is 0 Å². The van der Waals surface area contributed by atoms with Crippen LogP contribution in [-0.2, 0) is 0 Å². The highest BCUT2D eigenvalue weighted by Gasteiger charge is 2.25. The van der Waals surface area contributed by atoms with Crippen molar-refractivity contribution in [3.05, 3.63) is 12.3 Å². The molecular weight excluding hydrogens is 158 g/mol. The van der Waals surface area contributed by atoms with Crippen LogP contribution in [-0.4, -0.2) is 6.54 Å². The van der Waals surface area contributed by atoms with E-state index in [2.05, 4.69) is 46.5 Å². The van der Waals surface area contributed by atoms with E-state index in [0.29, 0.717) is 11.3 Å². The van der Waals surface area contributed by atoms with Crippen LogP contribution in [0.1, 0.15) is 47.5 Å². The molecule has 0 bridgehead atoms. The molecule has 0 aromatic carbocycles. The third-order valence-electron chi connectivity index (χ3n) is 3.21. The van der Waals surface area contributed by atoms with Crippen molar-refractivity contribution in [3.8, 4) is 0 Å². The Bertz CT molecular complexity index is 159. The number of hydrogen-bond acceptors (Lipinski definition) is 1. The summed E-state index contributed by atoms with van der Waals surface area (Å²) in [6.07, 6.45) is 2.36. The molecule has 0 aromatic rings. The summed E-state index contributed by atoms with van der Waals surface area (Å²) in [7, 11) is 0. The van der Waals surface area contributed by atoms with Crippen molar-refractivity contribution in [1.29, 1.82) is 0 Å². The predicted molar refractivity (Wildman–Crippen MR) is 60.7 cm³/mol. The van der Waals surface area contributed by atoms with Crippen LogP contribution >= 0.6 is 0 Å². The SMILES string of the molecule is C=C(NCCC)C(C)C(C)(C)CC. The van der Waals surface area contributed by atoms with Gasteiger partial charge in [-0.05, 0) is 11.8 Å². The smallest absolute Gasteiger partial charge is 0.0141 e. The van der Waals surface area contributed by atoms with E-state index in [1.807, 2.05) is 0 Å². The Hall–Kier alpha value is -0.460. The highest BCUT2D eigenvalue weighted by Crippen LogP contribution is 2.33. The Labute approximate surface area is 83.6 Å². The molecule has 0 saturated carbocycles. The van der Waals surface area contributed by atoms with Gasteiger partial charge in [-0.3, -0.25) is 0 Å². The lowest BCUT2D eigenvalue weighted by Crippen LogP contribution is -2.29. The van der Waals surface area contributed by atoms with Gasteiger partial charge >= 0.3 is 0 Å². The second kappa shape index (κ2) is 5.31. The Morgan fingerprint density at radius 2 is 1.92 bits per heavy atom. The zero-order valence-electron chi connectivity index (χ0n) is 9.91. The van der Waals surface area contributed by atoms with Crippen LogP contribution in [0.3, 0.4) is 0 Å². The largest absolute Gasteiger partial charge is 0.389 e. The standard InChI is InChI=1S/C12H25N/c1-7-9-13-11(4)10(3)12(5,6)8-2/h10,13H,4,7-9H2,1-3,5-6H3. The van der Waals surface area contributed by atoms with Gasteiger partial charge in [0.25, 0.3) is 0 Å². The summed E-state index contributed by atoms with van der Waals surface area (Å²) in [5.74, 6) is 0.545. The number of rotatable bonds is 6. The first-order valence-electron chi connectivity index (χ1n) is 5.38. The highest BCUT2D eigenvalue weighted by molar-refractivity contribution is 5.01. The minimum absolute atomic E-state index is 0.359. The van der Waals surface area contributed by atoms with Crippen molar-refractivity contribution in [1.82, 2.24) is 5.32 Å². The quantitative estimate of drug-likeness (QED) is 0.664. The van der Waals surface area contributed by atoms with Crippen LogP contribution < -0.4 is 5.32 Å². The van der Waals surface area contributed by atoms with Gasteiger partial charge in [0.2, 0.25) is 0 Å². The van der Waals surface area contributed by atoms with E-state index in [9.17, 15) is 0 Å². The fourth-order valence-corrected chi connectivity index (χ4v) is 1.22. The molecule has 13 heavy (non-hydrogen) atoms. The van der Waals surface area contributed by atoms with Crippen LogP contribution in [0.25, 0.3) is 0 Å². The molecule has 0 spiro atoms. The first kappa shape index (κ1) is 12.5. The third kappa shape index (κ3) is 3.84. The Balaban J connectivity index is 4.09. The van der Waals surface area contributed by atoms with E-state index >= 15 is 0 Å². The van der Waals surface area contributed by atoms with Crippen molar-refractivity contribution in [2.24, 2.45) is 11.3 Å². The molecule has 1 N–H and O–H groups in total. The molecule has 0 aliphatic heterocycles. The highest BCUT2D eigenvalue weighted by atomic mass is 14.9. The Morgan fingerprint density at radius 3 is 2.31 bits per heavy atom. The zero-order chi connectivity index (χ0) is 10.5. The van der Waals surface area contributed by atoms with E-state index in [-0.39, 0.29) is 0 Å². The van der Waals surface area contributed by atoms with Gasteiger partial charge in [-0.1, -0.05) is 47.6 Å². The summed E-state index contributed by atoms with van der Waals surface area (Å²) in [6, 6.07) is 0. The van der Waals surface area contributed by atoms with Gasteiger partial charge in [0.1, 0.15) is 0 Å². The molecule has 0 aliphatic rings. The molecule has 1 atom stereocenters. The topological polar surface area (TPSA) is 12.0 Å². The van der Waals surface area contributed by atoms with Crippen molar-refractivity contribution >= 4 is 0 Å². The second-order valence-electron chi connectivity index (χ2n) is 4.52. The minimum Gasteiger partial charge on any atom is -0.389 e. The first-order chi connectivity index (χ1) is 5.95. The average molecular weight is 183 g/mol. The van der Waals surface area contributed by atoms with Crippen molar-refractivity contribution in [2.45, 2.75) is 47.5 Å². The van der Waals surface area contributed by atoms with Gasteiger partial charge in [-0.15, -0.1) is 0 Å². The number of nitrogens with one attached hydrogen (secondary N) is 1. The Kier molecular flexibility index (Phi) is 5.12. The fraction of sp³-hybridized carbons (Fsp3) is 0.833. The van der Waals surface area contributed by atoms with Gasteiger partial charge in [0, 0.05) is 18.2 Å². The molecule has 0 heterocycles. The van der Waals surface area contributed by atoms with Crippen LogP contribution in [0.4, 0.5) is 0 Å². The summed E-state index contributed by atoms with van der Waals surface area (Å²) in [5, 5.41) is 3.38. The monoisotopic (exact) mass is 183 g/mol. The normalized spacial score (nSPS) is 13.9. The summed E-state index contributed by atoms with van der Waals surface area (Å²) in [5.41, 5.74) is 1.55. The molecule has 78 valence electrons. The van der Waals surface area contributed by atoms with E-state index in [1.54, 1.807) is 0 Å². The fourth-order valence-electron chi connectivity index (χ4n) is 1.22. The molecule has 0 aliphatic carbocycles. The van der Waals surface area contributed by atoms with Crippen LogP contribution in [0.5, 0.6) is 0 Å². The lowest BCUT2D eigenvalue weighted by atomic mass is 9.76. The summed E-state index contributed by atoms with van der Waals surface area (Å²) in [6.45, 7) is 16.4. The van der Waals surface area contributed by atoms with Gasteiger partial charge in [-0.25, -0.2) is 0 Å². The Morgan fingerprint density at radius 1 is 1.38 bits per heavy atom. The molecule has 0 saturated heterocycles. The maximum absolute atomic E-state index is 4.10. The molecule has 0 aromatic heterocycles. The summed E-state index contributed by atoms with van der Waals surface area (Å²) in [4.78, 5) is 0. The molecule has 1 heteroatoms. The van der Waals surface area contributed by atoms with Crippen LogP contribution in [0, 0.1) is 11.3 Å². The van der Waals surface area contributed by atoms with Gasteiger partial charge in [0.05, 0.1) is 0 Å². The lowest BCUT2D eigenvalue weighted by Gasteiger charge is -2.32. The molecule has 0 amide bonds. The number of allylic oxidation sites excluding steroid dienone is 1. The molecule has 0 radical (unpaired) electrons. The van der Waals surface area contributed by atoms with E-state index in [0.717, 1.165) is 13.0 Å². The second-order valence-corrected chi connectivity index (χ2v) is 4.52. The van der Waals surface area contributed by atoms with Gasteiger partial charge in [-0.2, -0.15) is 0 Å². The molecule has 1 unspecified atom stereocenters. The van der Waals surface area contributed by atoms with Crippen molar-refractivity contribution in [3.63, 3.8) is 0 Å². The van der Waals surface area contributed by atoms with Gasteiger partial charge in [0.15, 0.2) is 0 Å². The third-order valence-corrected chi connectivity index (χ3v) is 3.21. The number of hydrogen-bond donors (Lipinski definition) is 1. The van der Waals surface area contributed by atoms with Gasteiger partial charge < -0.3 is 5.32 Å². The average Bonchev–Trinajstić information content (AvgIpc) is 2.12. The maximum atomic E-state index is 4.10. The minimum atomic E-state index is 0.359. The summed E-state index contributed by atoms with van der Waals surface area (Å²) >= 11 is 0. The lowest BCUT2D eigenvalue weighted by molar-refractivity contribution is 0.246. The first-order valence-corrected chi connectivity index (χ1v) is 5.38. The molecular formula is C12H25N. The zero-order valence-corrected chi connectivity index (χ0v) is 9.91. The van der Waals surface area contributed by atoms with Crippen LogP contribution in [0.15, 0.2) is 12.3 Å². The maximum Gasteiger partial charge on any atom is 0.0141 e.